The van der Waals surface area contributed by atoms with Crippen molar-refractivity contribution in [3.05, 3.63) is 29.3 Å². The molecule has 26 heavy (non-hydrogen) atoms. The molecular formula is C20H25N3O3. The van der Waals surface area contributed by atoms with Crippen LogP contribution < -0.4 is 10.6 Å². The number of nitrogens with one attached hydrogen (secondary N) is 2. The largest absolute Gasteiger partial charge is 0.349 e. The zero-order valence-corrected chi connectivity index (χ0v) is 15.1. The van der Waals surface area contributed by atoms with Gasteiger partial charge in [0.05, 0.1) is 18.4 Å². The molecule has 0 spiro atoms. The molecule has 6 nitrogen and oxygen atoms in total. The Morgan fingerprint density at radius 3 is 2.81 bits per heavy atom. The normalized spacial score (nSPS) is 23.9. The van der Waals surface area contributed by atoms with E-state index in [2.05, 4.69) is 10.6 Å². The average molecular weight is 355 g/mol. The lowest BCUT2D eigenvalue weighted by atomic mass is 10.0. The maximum absolute atomic E-state index is 12.7. The van der Waals surface area contributed by atoms with Gasteiger partial charge in [0.15, 0.2) is 0 Å². The van der Waals surface area contributed by atoms with E-state index in [-0.39, 0.29) is 29.7 Å². The van der Waals surface area contributed by atoms with Gasteiger partial charge in [0.2, 0.25) is 17.7 Å². The predicted molar refractivity (Wildman–Crippen MR) is 97.4 cm³/mol. The van der Waals surface area contributed by atoms with Crippen molar-refractivity contribution < 1.29 is 14.4 Å². The lowest BCUT2D eigenvalue weighted by molar-refractivity contribution is -0.130. The van der Waals surface area contributed by atoms with E-state index >= 15 is 0 Å². The van der Waals surface area contributed by atoms with Gasteiger partial charge in [-0.05, 0) is 37.0 Å². The maximum atomic E-state index is 12.7. The minimum atomic E-state index is -0.261. The molecule has 138 valence electrons. The second-order valence-electron chi connectivity index (χ2n) is 7.76. The summed E-state index contributed by atoms with van der Waals surface area (Å²) in [5.41, 5.74) is 2.80. The van der Waals surface area contributed by atoms with Crippen molar-refractivity contribution in [3.8, 4) is 0 Å². The van der Waals surface area contributed by atoms with Crippen molar-refractivity contribution in [3.63, 3.8) is 0 Å². The summed E-state index contributed by atoms with van der Waals surface area (Å²) in [4.78, 5) is 38.4. The van der Waals surface area contributed by atoms with E-state index in [9.17, 15) is 14.4 Å². The molecule has 0 unspecified atom stereocenters. The van der Waals surface area contributed by atoms with E-state index < -0.39 is 0 Å². The second kappa shape index (κ2) is 6.74. The number of rotatable bonds is 4. The number of fused-ring (bicyclic) bond motifs is 1. The second-order valence-corrected chi connectivity index (χ2v) is 7.76. The van der Waals surface area contributed by atoms with Crippen molar-refractivity contribution in [1.82, 2.24) is 10.2 Å². The van der Waals surface area contributed by atoms with E-state index in [4.69, 9.17) is 0 Å². The van der Waals surface area contributed by atoms with E-state index in [1.807, 2.05) is 30.0 Å². The molecule has 1 saturated carbocycles. The molecule has 2 heterocycles. The third-order valence-corrected chi connectivity index (χ3v) is 5.91. The molecule has 1 aliphatic carbocycles. The minimum Gasteiger partial charge on any atom is -0.349 e. The first-order chi connectivity index (χ1) is 12.5. The van der Waals surface area contributed by atoms with Crippen LogP contribution in [0.3, 0.4) is 0 Å². The van der Waals surface area contributed by atoms with Crippen molar-refractivity contribution in [2.75, 3.05) is 11.9 Å². The van der Waals surface area contributed by atoms with Crippen molar-refractivity contribution in [2.45, 2.75) is 57.5 Å². The van der Waals surface area contributed by atoms with Crippen LogP contribution in [0.2, 0.25) is 0 Å². The van der Waals surface area contributed by atoms with Gasteiger partial charge >= 0.3 is 0 Å². The fourth-order valence-electron chi connectivity index (χ4n) is 4.41. The summed E-state index contributed by atoms with van der Waals surface area (Å²) >= 11 is 0. The number of carbonyl (C=O) groups excluding carboxylic acids is 3. The summed E-state index contributed by atoms with van der Waals surface area (Å²) in [5.74, 6) is -0.193. The lowest BCUT2D eigenvalue weighted by Gasteiger charge is -2.24. The number of likely N-dealkylation sites (tertiary alicyclic amines) is 1. The summed E-state index contributed by atoms with van der Waals surface area (Å²) in [6.07, 6.45) is 5.20. The SMILES string of the molecule is C[C@@H](NC(=O)[C@H]1CC(=O)N(C2CCCC2)C1)c1ccc2c(c1)CC(=O)N2. The number of hydrogen-bond acceptors (Lipinski definition) is 3. The molecule has 4 rings (SSSR count). The average Bonchev–Trinajstić information content (AvgIpc) is 3.32. The first-order valence-corrected chi connectivity index (χ1v) is 9.54. The van der Waals surface area contributed by atoms with Crippen LogP contribution in [0.15, 0.2) is 18.2 Å². The third kappa shape index (κ3) is 3.20. The van der Waals surface area contributed by atoms with Crippen molar-refractivity contribution in [2.24, 2.45) is 5.92 Å². The van der Waals surface area contributed by atoms with Crippen LogP contribution in [-0.4, -0.2) is 35.2 Å². The third-order valence-electron chi connectivity index (χ3n) is 5.91. The Morgan fingerprint density at radius 1 is 1.27 bits per heavy atom. The van der Waals surface area contributed by atoms with Crippen LogP contribution in [0, 0.1) is 5.92 Å². The Hall–Kier alpha value is -2.37. The molecule has 3 aliphatic rings. The highest BCUT2D eigenvalue weighted by Crippen LogP contribution is 2.30. The highest BCUT2D eigenvalue weighted by Gasteiger charge is 2.38. The van der Waals surface area contributed by atoms with Gasteiger partial charge in [0, 0.05) is 24.7 Å². The highest BCUT2D eigenvalue weighted by atomic mass is 16.2. The van der Waals surface area contributed by atoms with E-state index in [0.717, 1.165) is 29.7 Å². The van der Waals surface area contributed by atoms with Gasteiger partial charge in [-0.1, -0.05) is 25.0 Å². The molecule has 0 bridgehead atoms. The van der Waals surface area contributed by atoms with E-state index in [1.165, 1.54) is 12.8 Å². The summed E-state index contributed by atoms with van der Waals surface area (Å²) in [5, 5.41) is 5.87. The van der Waals surface area contributed by atoms with Gasteiger partial charge in [0.25, 0.3) is 0 Å². The zero-order chi connectivity index (χ0) is 18.3. The Bertz CT molecular complexity index is 755. The predicted octanol–water partition coefficient (Wildman–Crippen LogP) is 2.15. The number of nitrogens with zero attached hydrogens (tertiary/aromatic N) is 1. The number of carbonyl (C=O) groups is 3. The number of anilines is 1. The molecule has 1 aromatic carbocycles. The minimum absolute atomic E-state index is 0.00492. The van der Waals surface area contributed by atoms with Crippen LogP contribution in [0.25, 0.3) is 0 Å². The molecule has 6 heteroatoms. The molecule has 2 N–H and O–H groups in total. The monoisotopic (exact) mass is 355 g/mol. The summed E-state index contributed by atoms with van der Waals surface area (Å²) < 4.78 is 0. The van der Waals surface area contributed by atoms with Crippen LogP contribution in [0.1, 0.15) is 56.2 Å². The molecule has 2 fully saturated rings. The number of amides is 3. The Labute approximate surface area is 153 Å². The van der Waals surface area contributed by atoms with Crippen LogP contribution in [0.4, 0.5) is 5.69 Å². The van der Waals surface area contributed by atoms with Gasteiger partial charge in [0.1, 0.15) is 0 Å². The van der Waals surface area contributed by atoms with Gasteiger partial charge in [-0.25, -0.2) is 0 Å². The van der Waals surface area contributed by atoms with Gasteiger partial charge in [-0.15, -0.1) is 0 Å². The summed E-state index contributed by atoms with van der Waals surface area (Å²) in [6.45, 7) is 2.49. The van der Waals surface area contributed by atoms with Crippen molar-refractivity contribution in [1.29, 1.82) is 0 Å². The quantitative estimate of drug-likeness (QED) is 0.869. The molecule has 2 atom stereocenters. The fraction of sp³-hybridized carbons (Fsp3) is 0.550. The molecule has 3 amide bonds. The molecular weight excluding hydrogens is 330 g/mol. The molecule has 2 aliphatic heterocycles. The zero-order valence-electron chi connectivity index (χ0n) is 15.1. The lowest BCUT2D eigenvalue weighted by Crippen LogP contribution is -2.37. The topological polar surface area (TPSA) is 78.5 Å². The van der Waals surface area contributed by atoms with Gasteiger partial charge < -0.3 is 15.5 Å². The Kier molecular flexibility index (Phi) is 4.42. The molecule has 1 saturated heterocycles. The van der Waals surface area contributed by atoms with E-state index in [0.29, 0.717) is 25.4 Å². The molecule has 0 radical (unpaired) electrons. The summed E-state index contributed by atoms with van der Waals surface area (Å²) in [6, 6.07) is 5.97. The first-order valence-electron chi connectivity index (χ1n) is 9.54. The smallest absolute Gasteiger partial charge is 0.228 e. The first kappa shape index (κ1) is 17.1. The Balaban J connectivity index is 1.38. The van der Waals surface area contributed by atoms with Crippen LogP contribution in [0.5, 0.6) is 0 Å². The number of benzene rings is 1. The molecule has 1 aromatic rings. The van der Waals surface area contributed by atoms with Gasteiger partial charge in [-0.2, -0.15) is 0 Å². The number of hydrogen-bond donors (Lipinski definition) is 2. The fourth-order valence-corrected chi connectivity index (χ4v) is 4.41. The van der Waals surface area contributed by atoms with E-state index in [1.54, 1.807) is 0 Å². The van der Waals surface area contributed by atoms with Crippen LogP contribution >= 0.6 is 0 Å². The van der Waals surface area contributed by atoms with Crippen LogP contribution in [-0.2, 0) is 20.8 Å². The van der Waals surface area contributed by atoms with Crippen molar-refractivity contribution >= 4 is 23.4 Å². The maximum Gasteiger partial charge on any atom is 0.228 e. The summed E-state index contributed by atoms with van der Waals surface area (Å²) in [7, 11) is 0. The Morgan fingerprint density at radius 2 is 2.04 bits per heavy atom. The highest BCUT2D eigenvalue weighted by molar-refractivity contribution is 5.99. The van der Waals surface area contributed by atoms with Gasteiger partial charge in [-0.3, -0.25) is 14.4 Å². The standard InChI is InChI=1S/C20H25N3O3/c1-12(13-6-7-17-14(8-13)9-18(24)22-17)21-20(26)15-10-19(25)23(11-15)16-4-2-3-5-16/h6-8,12,15-16H,2-5,9-11H2,1H3,(H,21,26)(H,22,24)/t12-,15+/m1/s1. The molecule has 0 aromatic heterocycles.